The van der Waals surface area contributed by atoms with Crippen molar-refractivity contribution in [3.8, 4) is 5.75 Å². The second-order valence-electron chi connectivity index (χ2n) is 17.3. The molecule has 0 saturated carbocycles. The fourth-order valence-electron chi connectivity index (χ4n) is 9.22. The van der Waals surface area contributed by atoms with Crippen molar-refractivity contribution in [2.24, 2.45) is 5.16 Å². The van der Waals surface area contributed by atoms with Crippen molar-refractivity contribution < 1.29 is 33.8 Å². The largest absolute Gasteiger partial charge is 0.479 e. The van der Waals surface area contributed by atoms with E-state index in [0.717, 1.165) is 27.8 Å². The topological polar surface area (TPSA) is 148 Å². The Hall–Kier alpha value is -9.13. The molecule has 1 aromatic heterocycles. The van der Waals surface area contributed by atoms with Crippen molar-refractivity contribution in [2.45, 2.75) is 36.7 Å². The number of ether oxygens (including phenoxy) is 2. The molecule has 1 aliphatic rings. The summed E-state index contributed by atoms with van der Waals surface area (Å²) in [6.45, 7) is 0. The molecule has 2 heterocycles. The van der Waals surface area contributed by atoms with Gasteiger partial charge in [-0.3, -0.25) is 4.79 Å². The molecule has 1 aliphatic heterocycles. The first-order valence-corrected chi connectivity index (χ1v) is 24.6. The van der Waals surface area contributed by atoms with Gasteiger partial charge in [-0.15, -0.1) is 11.3 Å². The third-order valence-corrected chi connectivity index (χ3v) is 13.4. The number of hydrogen-bond donors (Lipinski definition) is 3. The summed E-state index contributed by atoms with van der Waals surface area (Å²) in [5.74, 6) is -2.18. The molecule has 10 rings (SSSR count). The number of benzene rings is 8. The summed E-state index contributed by atoms with van der Waals surface area (Å²) in [6, 6.07) is 71.3. The van der Waals surface area contributed by atoms with Crippen molar-refractivity contribution in [2.75, 3.05) is 10.6 Å². The average molecular weight is 981 g/mol. The first kappa shape index (κ1) is 47.5. The monoisotopic (exact) mass is 980 g/mol. The predicted octanol–water partition coefficient (Wildman–Crippen LogP) is 12.5. The molecule has 3 N–H and O–H groups in total. The molecule has 0 fully saturated rings. The Morgan fingerprint density at radius 2 is 1.05 bits per heavy atom. The average Bonchev–Trinajstić information content (AvgIpc) is 3.91. The number of hydrogen-bond acceptors (Lipinski definition) is 10. The van der Waals surface area contributed by atoms with Crippen LogP contribution < -0.4 is 15.4 Å². The van der Waals surface area contributed by atoms with Crippen LogP contribution in [0.1, 0.15) is 80.5 Å². The number of aliphatic carboxylic acids is 1. The fraction of sp³-hybridized carbons (Fsp3) is 0.0984. The van der Waals surface area contributed by atoms with E-state index in [-0.39, 0.29) is 24.4 Å². The van der Waals surface area contributed by atoms with Crippen LogP contribution in [0, 0.1) is 0 Å². The van der Waals surface area contributed by atoms with Gasteiger partial charge in [0.15, 0.2) is 11.2 Å². The number of amides is 1. The van der Waals surface area contributed by atoms with E-state index in [0.29, 0.717) is 38.8 Å². The Morgan fingerprint density at radius 3 is 1.52 bits per heavy atom. The second kappa shape index (κ2) is 21.9. The number of esters is 1. The molecule has 1 amide bonds. The summed E-state index contributed by atoms with van der Waals surface area (Å²) in [7, 11) is 0. The number of nitrogens with one attached hydrogen (secondary N) is 2. The summed E-state index contributed by atoms with van der Waals surface area (Å²) < 4.78 is 13.3. The highest BCUT2D eigenvalue weighted by atomic mass is 32.1. The maximum atomic E-state index is 15.1. The van der Waals surface area contributed by atoms with Gasteiger partial charge in [0, 0.05) is 17.4 Å². The number of carbonyl (C=O) groups is 3. The van der Waals surface area contributed by atoms with Crippen LogP contribution in [-0.2, 0) is 35.9 Å². The van der Waals surface area contributed by atoms with Crippen LogP contribution in [0.3, 0.4) is 0 Å². The van der Waals surface area contributed by atoms with Gasteiger partial charge in [0.2, 0.25) is 17.7 Å². The lowest BCUT2D eigenvalue weighted by atomic mass is 9.77. The third-order valence-electron chi connectivity index (χ3n) is 12.7. The Bertz CT molecular complexity index is 3170. The summed E-state index contributed by atoms with van der Waals surface area (Å²) in [4.78, 5) is 52.7. The summed E-state index contributed by atoms with van der Waals surface area (Å²) in [5.41, 5.74) is 5.63. The van der Waals surface area contributed by atoms with Gasteiger partial charge in [-0.05, 0) is 57.0 Å². The number of aromatic nitrogens is 1. The minimum Gasteiger partial charge on any atom is -0.479 e. The number of carbonyl (C=O) groups excluding carboxylic acids is 2. The van der Waals surface area contributed by atoms with Gasteiger partial charge in [-0.2, -0.15) is 0 Å². The maximum Gasteiger partial charge on any atom is 0.360 e. The molecule has 1 atom stereocenters. The SMILES string of the molecule is O=C1CCc2c(C(ON=C(C(=O)O)c3csc(NC(c4ccccc4)(c4ccccc4)c4ccccc4)n3)C(=O)OC(c3ccccc3)c3ccccc3)ccc(OC(c3ccccc3)c3ccccc3)c2N1. The van der Waals surface area contributed by atoms with Gasteiger partial charge in [-0.1, -0.05) is 224 Å². The van der Waals surface area contributed by atoms with E-state index in [4.69, 9.17) is 19.3 Å². The zero-order valence-corrected chi connectivity index (χ0v) is 40.1. The first-order chi connectivity index (χ1) is 35.9. The Labute approximate surface area is 426 Å². The molecular formula is C61H48N4O7S. The molecule has 9 aromatic rings. The van der Waals surface area contributed by atoms with Gasteiger partial charge in [0.25, 0.3) is 0 Å². The third kappa shape index (κ3) is 10.4. The van der Waals surface area contributed by atoms with Crippen LogP contribution in [-0.4, -0.2) is 33.6 Å². The van der Waals surface area contributed by atoms with Crippen molar-refractivity contribution in [1.82, 2.24) is 4.98 Å². The van der Waals surface area contributed by atoms with Gasteiger partial charge < -0.3 is 30.1 Å². The molecule has 1 unspecified atom stereocenters. The van der Waals surface area contributed by atoms with E-state index in [1.165, 1.54) is 11.3 Å². The zero-order chi connectivity index (χ0) is 50.0. The highest BCUT2D eigenvalue weighted by Gasteiger charge is 2.39. The minimum atomic E-state index is -1.64. The van der Waals surface area contributed by atoms with Crippen molar-refractivity contribution in [1.29, 1.82) is 0 Å². The second-order valence-corrected chi connectivity index (χ2v) is 18.1. The van der Waals surface area contributed by atoms with E-state index < -0.39 is 41.5 Å². The van der Waals surface area contributed by atoms with E-state index >= 15 is 4.79 Å². The predicted molar refractivity (Wildman–Crippen MR) is 283 cm³/mol. The van der Waals surface area contributed by atoms with Crippen LogP contribution in [0.5, 0.6) is 5.75 Å². The number of fused-ring (bicyclic) bond motifs is 1. The van der Waals surface area contributed by atoms with Crippen molar-refractivity contribution in [3.05, 3.63) is 286 Å². The van der Waals surface area contributed by atoms with Gasteiger partial charge in [0.1, 0.15) is 23.1 Å². The first-order valence-electron chi connectivity index (χ1n) is 23.8. The number of carboxylic acid groups (broad SMARTS) is 1. The lowest BCUT2D eigenvalue weighted by Crippen LogP contribution is -2.38. The van der Waals surface area contributed by atoms with E-state index in [2.05, 4.69) is 15.8 Å². The van der Waals surface area contributed by atoms with E-state index in [9.17, 15) is 14.7 Å². The van der Waals surface area contributed by atoms with Crippen molar-refractivity contribution >= 4 is 45.7 Å². The quantitative estimate of drug-likeness (QED) is 0.0331. The molecule has 73 heavy (non-hydrogen) atoms. The molecule has 11 nitrogen and oxygen atoms in total. The van der Waals surface area contributed by atoms with Gasteiger partial charge in [-0.25, -0.2) is 14.6 Å². The molecule has 8 aromatic carbocycles. The zero-order valence-electron chi connectivity index (χ0n) is 39.3. The molecular weight excluding hydrogens is 933 g/mol. The number of anilines is 2. The summed E-state index contributed by atoms with van der Waals surface area (Å²) in [6.07, 6.45) is -2.79. The fourth-order valence-corrected chi connectivity index (χ4v) is 9.97. The molecule has 0 spiro atoms. The summed E-state index contributed by atoms with van der Waals surface area (Å²) >= 11 is 1.20. The highest BCUT2D eigenvalue weighted by Crippen LogP contribution is 2.44. The highest BCUT2D eigenvalue weighted by molar-refractivity contribution is 7.14. The Morgan fingerprint density at radius 1 is 0.603 bits per heavy atom. The molecule has 360 valence electrons. The van der Waals surface area contributed by atoms with E-state index in [1.54, 1.807) is 17.5 Å². The maximum absolute atomic E-state index is 15.1. The molecule has 0 saturated heterocycles. The molecule has 0 aliphatic carbocycles. The van der Waals surface area contributed by atoms with E-state index in [1.807, 2.05) is 212 Å². The van der Waals surface area contributed by atoms with Crippen LogP contribution >= 0.6 is 11.3 Å². The normalized spacial score (nSPS) is 12.8. The Balaban J connectivity index is 1.06. The summed E-state index contributed by atoms with van der Waals surface area (Å²) in [5, 5.41) is 23.8. The van der Waals surface area contributed by atoms with Crippen molar-refractivity contribution in [3.63, 3.8) is 0 Å². The standard InChI is InChI=1S/C61H48N4O7S/c66-52-39-37-48-49(36-38-51(53(48)63-52)70-55(41-22-8-1-9-23-41)42-24-10-2-11-25-42)57(59(69)71-56(43-26-12-3-13-27-43)44-28-14-4-15-29-44)72-65-54(58(67)68)50-40-73-60(62-50)64-61(45-30-16-5-17-31-45,46-32-18-6-19-33-46)47-34-20-7-21-35-47/h1-36,38,40,55-57H,37,39H2,(H,62,64)(H,63,66)(H,67,68). The molecule has 12 heteroatoms. The number of carboxylic acids is 1. The minimum absolute atomic E-state index is 0.00689. The number of nitrogens with zero attached hydrogens (tertiary/aromatic N) is 2. The van der Waals surface area contributed by atoms with Crippen LogP contribution in [0.15, 0.2) is 235 Å². The lowest BCUT2D eigenvalue weighted by molar-refractivity contribution is -0.162. The van der Waals surface area contributed by atoms with Crippen LogP contribution in [0.2, 0.25) is 0 Å². The molecule has 0 radical (unpaired) electrons. The Kier molecular flexibility index (Phi) is 14.3. The van der Waals surface area contributed by atoms with Gasteiger partial charge >= 0.3 is 11.9 Å². The van der Waals surface area contributed by atoms with Crippen LogP contribution in [0.25, 0.3) is 0 Å². The number of rotatable bonds is 18. The van der Waals surface area contributed by atoms with Crippen LogP contribution in [0.4, 0.5) is 10.8 Å². The number of thiazole rings is 1. The number of oxime groups is 1. The molecule has 0 bridgehead atoms. The van der Waals surface area contributed by atoms with Gasteiger partial charge in [0.05, 0.1) is 5.69 Å². The smallest absolute Gasteiger partial charge is 0.360 e. The lowest BCUT2D eigenvalue weighted by Gasteiger charge is -2.36.